The molecule has 2 aliphatic rings. The van der Waals surface area contributed by atoms with Crippen molar-refractivity contribution in [3.05, 3.63) is 118 Å². The monoisotopic (exact) mass is 526 g/mol. The first-order valence-electron chi connectivity index (χ1n) is 12.5. The summed E-state index contributed by atoms with van der Waals surface area (Å²) in [6, 6.07) is 26.6. The highest BCUT2D eigenvalue weighted by atomic mass is 35.5. The molecule has 1 saturated heterocycles. The van der Waals surface area contributed by atoms with Crippen LogP contribution in [0.4, 0.5) is 0 Å². The molecule has 0 radical (unpaired) electrons. The molecule has 37 heavy (non-hydrogen) atoms. The van der Waals surface area contributed by atoms with E-state index in [1.54, 1.807) is 0 Å². The summed E-state index contributed by atoms with van der Waals surface area (Å²) in [4.78, 5) is 33.8. The van der Waals surface area contributed by atoms with Gasteiger partial charge in [0.05, 0.1) is 4.91 Å². The molecular formula is C31H27ClN2O2S. The molecule has 5 rings (SSSR count). The van der Waals surface area contributed by atoms with Gasteiger partial charge in [-0.3, -0.25) is 9.59 Å². The Morgan fingerprint density at radius 3 is 2.11 bits per heavy atom. The summed E-state index contributed by atoms with van der Waals surface area (Å²) < 4.78 is 0. The zero-order chi connectivity index (χ0) is 25.6. The predicted molar refractivity (Wildman–Crippen MR) is 154 cm³/mol. The van der Waals surface area contributed by atoms with Crippen LogP contribution in [-0.2, 0) is 4.79 Å². The van der Waals surface area contributed by atoms with E-state index in [9.17, 15) is 9.59 Å². The van der Waals surface area contributed by atoms with Crippen molar-refractivity contribution >= 4 is 51.4 Å². The molecule has 4 nitrogen and oxygen atoms in total. The Balaban J connectivity index is 1.59. The number of Topliss-reactive ketones (excluding diaryl/α,β-unsaturated/α-hetero) is 1. The summed E-state index contributed by atoms with van der Waals surface area (Å²) in [6.45, 7) is 1.84. The van der Waals surface area contributed by atoms with Crippen molar-refractivity contribution < 1.29 is 9.59 Å². The van der Waals surface area contributed by atoms with Crippen molar-refractivity contribution in [2.75, 3.05) is 13.1 Å². The fraction of sp³-hybridized carbons (Fsp3) is 0.194. The fourth-order valence-corrected chi connectivity index (χ4v) is 5.73. The Bertz CT molecular complexity index is 1370. The van der Waals surface area contributed by atoms with Gasteiger partial charge < -0.3 is 4.90 Å². The highest BCUT2D eigenvalue weighted by Gasteiger charge is 2.30. The molecule has 3 aromatic carbocycles. The van der Waals surface area contributed by atoms with Crippen LogP contribution < -0.4 is 0 Å². The van der Waals surface area contributed by atoms with Gasteiger partial charge in [0.2, 0.25) is 0 Å². The molecular weight excluding hydrogens is 500 g/mol. The van der Waals surface area contributed by atoms with Gasteiger partial charge in [-0.15, -0.1) is 0 Å². The number of ketones is 1. The number of amides is 1. The first-order valence-corrected chi connectivity index (χ1v) is 13.7. The quantitative estimate of drug-likeness (QED) is 0.246. The number of carbonyl (C=O) groups is 2. The van der Waals surface area contributed by atoms with E-state index in [1.165, 1.54) is 18.2 Å². The Morgan fingerprint density at radius 2 is 1.46 bits per heavy atom. The van der Waals surface area contributed by atoms with Crippen LogP contribution in [0.3, 0.4) is 0 Å². The third kappa shape index (κ3) is 6.12. The summed E-state index contributed by atoms with van der Waals surface area (Å²) in [6.07, 6.45) is 5.60. The number of nitrogens with zero attached hydrogens (tertiary/aromatic N) is 2. The maximum atomic E-state index is 13.3. The smallest absolute Gasteiger partial charge is 0.286 e. The summed E-state index contributed by atoms with van der Waals surface area (Å²) >= 11 is 7.61. The van der Waals surface area contributed by atoms with E-state index in [2.05, 4.69) is 9.89 Å². The van der Waals surface area contributed by atoms with Crippen molar-refractivity contribution in [1.82, 2.24) is 4.90 Å². The van der Waals surface area contributed by atoms with Crippen LogP contribution in [0, 0.1) is 0 Å². The Kier molecular flexibility index (Phi) is 8.02. The van der Waals surface area contributed by atoms with Crippen molar-refractivity contribution in [1.29, 1.82) is 0 Å². The van der Waals surface area contributed by atoms with E-state index in [-0.39, 0.29) is 18.1 Å². The number of likely N-dealkylation sites (tertiary alicyclic amines) is 1. The Hall–Kier alpha value is -3.41. The maximum Gasteiger partial charge on any atom is 0.286 e. The van der Waals surface area contributed by atoms with E-state index in [0.717, 1.165) is 53.4 Å². The fourth-order valence-electron chi connectivity index (χ4n) is 4.56. The lowest BCUT2D eigenvalue weighted by atomic mass is 9.93. The molecule has 0 bridgehead atoms. The lowest BCUT2D eigenvalue weighted by Crippen LogP contribution is -2.33. The second kappa shape index (κ2) is 11.8. The van der Waals surface area contributed by atoms with Crippen LogP contribution >= 0.6 is 23.4 Å². The van der Waals surface area contributed by atoms with E-state index in [0.29, 0.717) is 15.5 Å². The van der Waals surface area contributed by atoms with Crippen molar-refractivity contribution in [2.24, 2.45) is 4.99 Å². The summed E-state index contributed by atoms with van der Waals surface area (Å²) in [5, 5.41) is 1.40. The number of benzene rings is 3. The van der Waals surface area contributed by atoms with Gasteiger partial charge in [0.1, 0.15) is 0 Å². The number of rotatable bonds is 6. The normalized spacial score (nSPS) is 17.5. The number of thioether (sulfide) groups is 1. The minimum absolute atomic E-state index is 0.00914. The second-order valence-electron chi connectivity index (χ2n) is 9.10. The number of aliphatic imine (C=N–C) groups is 1. The van der Waals surface area contributed by atoms with Gasteiger partial charge in [-0.1, -0.05) is 84.4 Å². The summed E-state index contributed by atoms with van der Waals surface area (Å²) in [5.74, 6) is -0.222. The lowest BCUT2D eigenvalue weighted by Gasteiger charge is -2.27. The molecule has 0 spiro atoms. The predicted octanol–water partition coefficient (Wildman–Crippen LogP) is 7.52. The summed E-state index contributed by atoms with van der Waals surface area (Å²) in [5.41, 5.74) is 4.04. The van der Waals surface area contributed by atoms with Crippen molar-refractivity contribution in [3.8, 4) is 0 Å². The highest BCUT2D eigenvalue weighted by Crippen LogP contribution is 2.38. The Labute approximate surface area is 226 Å². The molecule has 0 aliphatic carbocycles. The molecule has 0 atom stereocenters. The van der Waals surface area contributed by atoms with Crippen molar-refractivity contribution in [3.63, 3.8) is 0 Å². The van der Waals surface area contributed by atoms with Crippen LogP contribution in [0.1, 0.15) is 47.2 Å². The number of amidine groups is 1. The molecule has 2 aliphatic heterocycles. The standard InChI is InChI=1S/C31H27ClN2O2S/c32-26-16-14-22(15-17-26)25(21-28(35)24-12-6-2-7-13-24)20-27(23-10-4-1-5-11-23)29-30(36)33-31(37-29)34-18-8-3-9-19-34/h1-2,4-7,10-17,20H,3,8-9,18-19,21H2/b25-20+,29-27-. The van der Waals surface area contributed by atoms with E-state index >= 15 is 0 Å². The molecule has 2 heterocycles. The number of allylic oxidation sites excluding steroid dienone is 3. The first kappa shape index (κ1) is 25.2. The van der Waals surface area contributed by atoms with Crippen LogP contribution in [0.2, 0.25) is 5.02 Å². The van der Waals surface area contributed by atoms with Gasteiger partial charge in [-0.2, -0.15) is 4.99 Å². The average Bonchev–Trinajstić information content (AvgIpc) is 3.34. The number of halogens is 1. The van der Waals surface area contributed by atoms with Gasteiger partial charge in [-0.05, 0) is 65.9 Å². The molecule has 0 aromatic heterocycles. The van der Waals surface area contributed by atoms with E-state index < -0.39 is 0 Å². The van der Waals surface area contributed by atoms with Crippen LogP contribution in [-0.4, -0.2) is 34.8 Å². The first-order chi connectivity index (χ1) is 18.1. The zero-order valence-electron chi connectivity index (χ0n) is 20.4. The number of hydrogen-bond donors (Lipinski definition) is 0. The van der Waals surface area contributed by atoms with Gasteiger partial charge in [0.25, 0.3) is 5.91 Å². The van der Waals surface area contributed by atoms with Gasteiger partial charge in [0, 0.05) is 35.7 Å². The van der Waals surface area contributed by atoms with Crippen LogP contribution in [0.5, 0.6) is 0 Å². The second-order valence-corrected chi connectivity index (χ2v) is 10.5. The maximum absolute atomic E-state index is 13.3. The molecule has 0 saturated carbocycles. The molecule has 0 unspecified atom stereocenters. The number of hydrogen-bond acceptors (Lipinski definition) is 4. The lowest BCUT2D eigenvalue weighted by molar-refractivity contribution is -0.113. The zero-order valence-corrected chi connectivity index (χ0v) is 22.0. The summed E-state index contributed by atoms with van der Waals surface area (Å²) in [7, 11) is 0. The molecule has 186 valence electrons. The van der Waals surface area contributed by atoms with E-state index in [4.69, 9.17) is 11.6 Å². The van der Waals surface area contributed by atoms with Crippen LogP contribution in [0.15, 0.2) is 101 Å². The van der Waals surface area contributed by atoms with E-state index in [1.807, 2.05) is 91.0 Å². The minimum Gasteiger partial charge on any atom is -0.351 e. The SMILES string of the molecule is O=C1N=C(N2CCCCC2)S/C1=C(/C=C(\CC(=O)c1ccccc1)c1ccc(Cl)cc1)c1ccccc1. The largest absolute Gasteiger partial charge is 0.351 e. The average molecular weight is 527 g/mol. The molecule has 0 N–H and O–H groups in total. The third-order valence-corrected chi connectivity index (χ3v) is 7.90. The molecule has 1 amide bonds. The van der Waals surface area contributed by atoms with Crippen molar-refractivity contribution in [2.45, 2.75) is 25.7 Å². The van der Waals surface area contributed by atoms with Crippen LogP contribution in [0.25, 0.3) is 11.1 Å². The molecule has 3 aromatic rings. The molecule has 6 heteroatoms. The van der Waals surface area contributed by atoms with Gasteiger partial charge in [0.15, 0.2) is 11.0 Å². The topological polar surface area (TPSA) is 49.7 Å². The highest BCUT2D eigenvalue weighted by molar-refractivity contribution is 8.18. The number of carbonyl (C=O) groups excluding carboxylic acids is 2. The van der Waals surface area contributed by atoms with Gasteiger partial charge in [-0.25, -0.2) is 0 Å². The Morgan fingerprint density at radius 1 is 0.838 bits per heavy atom. The number of piperidine rings is 1. The molecule has 1 fully saturated rings. The third-order valence-electron chi connectivity index (χ3n) is 6.52. The minimum atomic E-state index is -0.231. The van der Waals surface area contributed by atoms with Gasteiger partial charge >= 0.3 is 0 Å².